The molecule has 1 aliphatic heterocycles. The van der Waals surface area contributed by atoms with Crippen molar-refractivity contribution in [3.05, 3.63) is 71.4 Å². The second kappa shape index (κ2) is 8.80. The number of fused-ring (bicyclic) bond motifs is 1. The van der Waals surface area contributed by atoms with Gasteiger partial charge in [0.1, 0.15) is 6.10 Å². The first-order valence-corrected chi connectivity index (χ1v) is 10.1. The number of carbonyl (C=O) groups excluding carboxylic acids is 1. The van der Waals surface area contributed by atoms with Crippen LogP contribution in [0.15, 0.2) is 48.5 Å². The molecule has 5 nitrogen and oxygen atoms in total. The first kappa shape index (κ1) is 19.7. The van der Waals surface area contributed by atoms with Crippen LogP contribution in [-0.2, 0) is 27.4 Å². The number of hydrogen-bond acceptors (Lipinski definition) is 3. The van der Waals surface area contributed by atoms with Crippen molar-refractivity contribution < 1.29 is 14.3 Å². The minimum absolute atomic E-state index is 0.0365. The van der Waals surface area contributed by atoms with Gasteiger partial charge in [-0.15, -0.1) is 0 Å². The predicted octanol–water partition coefficient (Wildman–Crippen LogP) is 3.56. The van der Waals surface area contributed by atoms with E-state index in [4.69, 9.17) is 9.47 Å². The number of hydrogen-bond donors (Lipinski definition) is 0. The highest BCUT2D eigenvalue weighted by atomic mass is 16.5. The molecule has 1 radical (unpaired) electrons. The van der Waals surface area contributed by atoms with Crippen molar-refractivity contribution in [2.24, 2.45) is 0 Å². The van der Waals surface area contributed by atoms with E-state index in [1.165, 1.54) is 11.1 Å². The van der Waals surface area contributed by atoms with Crippen molar-refractivity contribution in [3.8, 4) is 0 Å². The maximum Gasteiger partial charge on any atom is 0.251 e. The highest BCUT2D eigenvalue weighted by Crippen LogP contribution is 2.20. The van der Waals surface area contributed by atoms with Gasteiger partial charge >= 0.3 is 0 Å². The summed E-state index contributed by atoms with van der Waals surface area (Å²) in [6.07, 6.45) is -0.456. The normalized spacial score (nSPS) is 15.6. The van der Waals surface area contributed by atoms with Gasteiger partial charge in [-0.25, -0.2) is 0 Å². The Kier molecular flexibility index (Phi) is 5.97. The molecule has 1 fully saturated rings. The Morgan fingerprint density at radius 2 is 1.90 bits per heavy atom. The number of carbonyl (C=O) groups is 1. The first-order valence-electron chi connectivity index (χ1n) is 10.1. The molecule has 151 valence electrons. The fourth-order valence-electron chi connectivity index (χ4n) is 3.80. The monoisotopic (exact) mass is 391 g/mol. The molecule has 0 aliphatic carbocycles. The van der Waals surface area contributed by atoms with Gasteiger partial charge in [-0.3, -0.25) is 4.79 Å². The molecule has 29 heavy (non-hydrogen) atoms. The van der Waals surface area contributed by atoms with Crippen molar-refractivity contribution in [1.82, 2.24) is 9.47 Å². The molecule has 2 heterocycles. The zero-order valence-electron chi connectivity index (χ0n) is 17.1. The van der Waals surface area contributed by atoms with E-state index in [1.54, 1.807) is 0 Å². The number of amides is 1. The summed E-state index contributed by atoms with van der Waals surface area (Å²) in [7, 11) is 0. The first-order chi connectivity index (χ1) is 14.1. The van der Waals surface area contributed by atoms with Gasteiger partial charge < -0.3 is 18.9 Å². The highest BCUT2D eigenvalue weighted by molar-refractivity contribution is 5.81. The Morgan fingerprint density at radius 3 is 2.72 bits per heavy atom. The summed E-state index contributed by atoms with van der Waals surface area (Å²) in [4.78, 5) is 14.3. The van der Waals surface area contributed by atoms with E-state index in [1.807, 2.05) is 30.0 Å². The molecule has 1 saturated heterocycles. The van der Waals surface area contributed by atoms with Crippen molar-refractivity contribution in [2.45, 2.75) is 33.1 Å². The van der Waals surface area contributed by atoms with Crippen molar-refractivity contribution in [2.75, 3.05) is 26.3 Å². The van der Waals surface area contributed by atoms with Crippen LogP contribution in [0.4, 0.5) is 0 Å². The fraction of sp³-hybridized carbons (Fsp3) is 0.375. The number of para-hydroxylation sites is 1. The molecule has 2 aromatic carbocycles. The lowest BCUT2D eigenvalue weighted by molar-refractivity contribution is -0.147. The molecule has 0 spiro atoms. The summed E-state index contributed by atoms with van der Waals surface area (Å²) in [6.45, 7) is 7.61. The van der Waals surface area contributed by atoms with Crippen molar-refractivity contribution >= 4 is 16.8 Å². The highest BCUT2D eigenvalue weighted by Gasteiger charge is 2.22. The van der Waals surface area contributed by atoms with Gasteiger partial charge in [0.25, 0.3) is 5.91 Å². The SMILES string of the molecule is Cc1[c]c2ccccc2n1Cc1cccc(CO[C@H](C)C(=O)N2CCOCC2)c1. The molecule has 0 unspecified atom stereocenters. The van der Waals surface area contributed by atoms with Crippen molar-refractivity contribution in [1.29, 1.82) is 0 Å². The van der Waals surface area contributed by atoms with E-state index in [0.29, 0.717) is 32.9 Å². The molecule has 5 heteroatoms. The quantitative estimate of drug-likeness (QED) is 0.645. The van der Waals surface area contributed by atoms with Crippen LogP contribution in [0.2, 0.25) is 0 Å². The maximum absolute atomic E-state index is 12.5. The minimum Gasteiger partial charge on any atom is -0.378 e. The van der Waals surface area contributed by atoms with Gasteiger partial charge in [0.15, 0.2) is 0 Å². The third kappa shape index (κ3) is 4.52. The van der Waals surface area contributed by atoms with Crippen LogP contribution in [-0.4, -0.2) is 47.8 Å². The standard InChI is InChI=1S/C24H27N2O3/c1-18-14-22-8-3-4-9-23(22)26(18)16-20-6-5-7-21(15-20)17-29-19(2)24(27)25-10-12-28-13-11-25/h3-9,15,19H,10-13,16-17H2,1-2H3/t19-/m1/s1. The van der Waals surface area contributed by atoms with E-state index >= 15 is 0 Å². The van der Waals surface area contributed by atoms with E-state index < -0.39 is 6.10 Å². The fourth-order valence-corrected chi connectivity index (χ4v) is 3.80. The third-order valence-corrected chi connectivity index (χ3v) is 5.42. The van der Waals surface area contributed by atoms with E-state index in [2.05, 4.69) is 47.9 Å². The Labute approximate surface area is 171 Å². The number of ether oxygens (including phenoxy) is 2. The number of rotatable bonds is 6. The lowest BCUT2D eigenvalue weighted by Gasteiger charge is -2.29. The summed E-state index contributed by atoms with van der Waals surface area (Å²) < 4.78 is 13.5. The lowest BCUT2D eigenvalue weighted by atomic mass is 10.1. The molecule has 0 saturated carbocycles. The molecule has 0 N–H and O–H groups in total. The summed E-state index contributed by atoms with van der Waals surface area (Å²) in [5, 5.41) is 1.14. The van der Waals surface area contributed by atoms with Crippen LogP contribution in [0, 0.1) is 13.0 Å². The molecular formula is C24H27N2O3. The van der Waals surface area contributed by atoms with Gasteiger partial charge in [0, 0.05) is 42.3 Å². The van der Waals surface area contributed by atoms with E-state index in [0.717, 1.165) is 23.2 Å². The van der Waals surface area contributed by atoms with Crippen LogP contribution >= 0.6 is 0 Å². The summed E-state index contributed by atoms with van der Waals surface area (Å²) in [6, 6.07) is 20.1. The van der Waals surface area contributed by atoms with Gasteiger partial charge in [0.2, 0.25) is 0 Å². The Hall–Kier alpha value is -2.63. The Bertz CT molecular complexity index is 989. The van der Waals surface area contributed by atoms with Gasteiger partial charge in [0.05, 0.1) is 19.8 Å². The molecule has 1 amide bonds. The average molecular weight is 391 g/mol. The van der Waals surface area contributed by atoms with E-state index in [9.17, 15) is 4.79 Å². The van der Waals surface area contributed by atoms with Crippen LogP contribution < -0.4 is 0 Å². The second-order valence-electron chi connectivity index (χ2n) is 7.52. The molecule has 1 atom stereocenters. The summed E-state index contributed by atoms with van der Waals surface area (Å²) >= 11 is 0. The van der Waals surface area contributed by atoms with Crippen LogP contribution in [0.25, 0.3) is 10.9 Å². The van der Waals surface area contributed by atoms with Gasteiger partial charge in [-0.2, -0.15) is 0 Å². The van der Waals surface area contributed by atoms with Crippen molar-refractivity contribution in [3.63, 3.8) is 0 Å². The molecule has 3 aromatic rings. The topological polar surface area (TPSA) is 43.7 Å². The molecule has 4 rings (SSSR count). The molecule has 1 aliphatic rings. The largest absolute Gasteiger partial charge is 0.378 e. The summed E-state index contributed by atoms with van der Waals surface area (Å²) in [5.41, 5.74) is 4.59. The number of morpholine rings is 1. The molecule has 1 aromatic heterocycles. The number of benzene rings is 2. The maximum atomic E-state index is 12.5. The number of nitrogens with zero attached hydrogens (tertiary/aromatic N) is 2. The minimum atomic E-state index is -0.456. The van der Waals surface area contributed by atoms with E-state index in [-0.39, 0.29) is 5.91 Å². The zero-order valence-corrected chi connectivity index (χ0v) is 17.1. The lowest BCUT2D eigenvalue weighted by Crippen LogP contribution is -2.45. The summed E-state index contributed by atoms with van der Waals surface area (Å²) in [5.74, 6) is 0.0365. The Balaban J connectivity index is 1.41. The smallest absolute Gasteiger partial charge is 0.251 e. The Morgan fingerprint density at radius 1 is 1.14 bits per heavy atom. The predicted molar refractivity (Wildman–Crippen MR) is 113 cm³/mol. The molecule has 0 bridgehead atoms. The van der Waals surface area contributed by atoms with Crippen LogP contribution in [0.5, 0.6) is 0 Å². The molecular weight excluding hydrogens is 364 g/mol. The van der Waals surface area contributed by atoms with Gasteiger partial charge in [-0.1, -0.05) is 42.5 Å². The zero-order chi connectivity index (χ0) is 20.2. The van der Waals surface area contributed by atoms with Crippen LogP contribution in [0.1, 0.15) is 23.7 Å². The number of aryl methyl sites for hydroxylation is 1. The number of aromatic nitrogens is 1. The average Bonchev–Trinajstić information content (AvgIpc) is 3.07. The second-order valence-corrected chi connectivity index (χ2v) is 7.52. The van der Waals surface area contributed by atoms with Gasteiger partial charge in [-0.05, 0) is 31.0 Å². The van der Waals surface area contributed by atoms with Crippen LogP contribution in [0.3, 0.4) is 0 Å². The third-order valence-electron chi connectivity index (χ3n) is 5.42.